The third-order valence-corrected chi connectivity index (χ3v) is 3.25. The maximum atomic E-state index is 10.9. The van der Waals surface area contributed by atoms with Crippen molar-refractivity contribution in [2.45, 2.75) is 0 Å². The van der Waals surface area contributed by atoms with Crippen LogP contribution in [0, 0.1) is 0 Å². The zero-order chi connectivity index (χ0) is 18.1. The Labute approximate surface area is 146 Å². The first-order chi connectivity index (χ1) is 12.2. The standard InChI is InChI=1S/C19H20O6/c1-22-12-24-16-10-15(8-9-18(20)21)19(14-6-4-3-5-7-14)17(11-16)25-13-23-2/h3-11H,12-13H2,1-2H3,(H,20,21). The molecule has 0 bridgehead atoms. The van der Waals surface area contributed by atoms with Crippen molar-refractivity contribution in [1.29, 1.82) is 0 Å². The molecule has 0 atom stereocenters. The van der Waals surface area contributed by atoms with Crippen LogP contribution in [0.1, 0.15) is 5.56 Å². The molecule has 0 fully saturated rings. The smallest absolute Gasteiger partial charge is 0.328 e. The fourth-order valence-electron chi connectivity index (χ4n) is 2.26. The highest BCUT2D eigenvalue weighted by Gasteiger charge is 2.14. The van der Waals surface area contributed by atoms with Crippen LogP contribution in [-0.4, -0.2) is 38.9 Å². The van der Waals surface area contributed by atoms with Crippen molar-refractivity contribution in [3.8, 4) is 22.6 Å². The predicted molar refractivity (Wildman–Crippen MR) is 93.6 cm³/mol. The molecule has 6 nitrogen and oxygen atoms in total. The first-order valence-corrected chi connectivity index (χ1v) is 7.53. The van der Waals surface area contributed by atoms with Crippen LogP contribution in [0.4, 0.5) is 0 Å². The molecule has 0 amide bonds. The molecule has 0 aromatic heterocycles. The Morgan fingerprint density at radius 1 is 1.04 bits per heavy atom. The first-order valence-electron chi connectivity index (χ1n) is 7.53. The lowest BCUT2D eigenvalue weighted by Gasteiger charge is -2.16. The molecule has 0 saturated carbocycles. The lowest BCUT2D eigenvalue weighted by molar-refractivity contribution is -0.131. The third kappa shape index (κ3) is 5.34. The Balaban J connectivity index is 2.59. The van der Waals surface area contributed by atoms with Crippen molar-refractivity contribution >= 4 is 12.0 Å². The molecule has 0 radical (unpaired) electrons. The van der Waals surface area contributed by atoms with Gasteiger partial charge in [0.15, 0.2) is 13.6 Å². The summed E-state index contributed by atoms with van der Waals surface area (Å²) in [5, 5.41) is 8.97. The van der Waals surface area contributed by atoms with E-state index in [9.17, 15) is 4.79 Å². The first kappa shape index (κ1) is 18.5. The van der Waals surface area contributed by atoms with Crippen molar-refractivity contribution < 1.29 is 28.8 Å². The maximum absolute atomic E-state index is 10.9. The molecule has 6 heteroatoms. The summed E-state index contributed by atoms with van der Waals surface area (Å²) in [5.41, 5.74) is 2.28. The summed E-state index contributed by atoms with van der Waals surface area (Å²) in [4.78, 5) is 10.9. The Kier molecular flexibility index (Phi) is 7.00. The summed E-state index contributed by atoms with van der Waals surface area (Å²) >= 11 is 0. The number of carbonyl (C=O) groups is 1. The van der Waals surface area contributed by atoms with Gasteiger partial charge in [-0.3, -0.25) is 0 Å². The van der Waals surface area contributed by atoms with Crippen LogP contribution in [0.25, 0.3) is 17.2 Å². The van der Waals surface area contributed by atoms with Gasteiger partial charge in [0.1, 0.15) is 11.5 Å². The molecule has 2 rings (SSSR count). The van der Waals surface area contributed by atoms with Crippen LogP contribution in [0.15, 0.2) is 48.5 Å². The Morgan fingerprint density at radius 3 is 2.36 bits per heavy atom. The molecule has 0 spiro atoms. The summed E-state index contributed by atoms with van der Waals surface area (Å²) < 4.78 is 21.1. The predicted octanol–water partition coefficient (Wildman–Crippen LogP) is 3.42. The molecular weight excluding hydrogens is 324 g/mol. The minimum atomic E-state index is -1.04. The largest absolute Gasteiger partial charge is 0.478 e. The van der Waals surface area contributed by atoms with Crippen LogP contribution in [-0.2, 0) is 14.3 Å². The maximum Gasteiger partial charge on any atom is 0.328 e. The number of carboxylic acid groups (broad SMARTS) is 1. The van der Waals surface area contributed by atoms with E-state index in [0.29, 0.717) is 17.1 Å². The molecule has 2 aromatic rings. The molecule has 0 aliphatic carbocycles. The van der Waals surface area contributed by atoms with Crippen molar-refractivity contribution in [3.05, 3.63) is 54.1 Å². The highest BCUT2D eigenvalue weighted by molar-refractivity contribution is 5.89. The van der Waals surface area contributed by atoms with E-state index in [0.717, 1.165) is 17.2 Å². The second-order valence-electron chi connectivity index (χ2n) is 5.02. The van der Waals surface area contributed by atoms with Gasteiger partial charge in [0, 0.05) is 31.9 Å². The monoisotopic (exact) mass is 344 g/mol. The van der Waals surface area contributed by atoms with E-state index in [4.69, 9.17) is 24.1 Å². The highest BCUT2D eigenvalue weighted by atomic mass is 16.7. The molecule has 0 aliphatic rings. The van der Waals surface area contributed by atoms with Crippen LogP contribution < -0.4 is 9.47 Å². The average Bonchev–Trinajstić information content (AvgIpc) is 2.63. The molecule has 0 heterocycles. The summed E-state index contributed by atoms with van der Waals surface area (Å²) in [6.07, 6.45) is 2.58. The summed E-state index contributed by atoms with van der Waals surface area (Å²) in [5.74, 6) is -0.0223. The molecular formula is C19H20O6. The van der Waals surface area contributed by atoms with E-state index < -0.39 is 5.97 Å². The number of rotatable bonds is 9. The van der Waals surface area contributed by atoms with Gasteiger partial charge in [0.25, 0.3) is 0 Å². The van der Waals surface area contributed by atoms with E-state index in [2.05, 4.69) is 0 Å². The van der Waals surface area contributed by atoms with Gasteiger partial charge >= 0.3 is 5.97 Å². The van der Waals surface area contributed by atoms with Crippen LogP contribution in [0.5, 0.6) is 11.5 Å². The Hall–Kier alpha value is -2.83. The number of hydrogen-bond donors (Lipinski definition) is 1. The van der Waals surface area contributed by atoms with Crippen molar-refractivity contribution in [2.75, 3.05) is 27.8 Å². The SMILES string of the molecule is COCOc1cc(C=CC(=O)O)c(-c2ccccc2)c(OCOC)c1. The Bertz CT molecular complexity index is 724. The molecule has 132 valence electrons. The highest BCUT2D eigenvalue weighted by Crippen LogP contribution is 2.38. The second-order valence-corrected chi connectivity index (χ2v) is 5.02. The summed E-state index contributed by atoms with van der Waals surface area (Å²) in [7, 11) is 3.05. The zero-order valence-electron chi connectivity index (χ0n) is 14.1. The van der Waals surface area contributed by atoms with Gasteiger partial charge in [0.2, 0.25) is 0 Å². The van der Waals surface area contributed by atoms with Gasteiger partial charge in [-0.15, -0.1) is 0 Å². The van der Waals surface area contributed by atoms with Gasteiger partial charge in [-0.1, -0.05) is 30.3 Å². The van der Waals surface area contributed by atoms with Crippen molar-refractivity contribution in [2.24, 2.45) is 0 Å². The van der Waals surface area contributed by atoms with Gasteiger partial charge in [-0.2, -0.15) is 0 Å². The topological polar surface area (TPSA) is 74.2 Å². The molecule has 0 aliphatic heterocycles. The molecule has 0 saturated heterocycles. The summed E-state index contributed by atoms with van der Waals surface area (Å²) in [6.45, 7) is 0.117. The molecule has 25 heavy (non-hydrogen) atoms. The van der Waals surface area contributed by atoms with Gasteiger partial charge in [-0.25, -0.2) is 4.79 Å². The average molecular weight is 344 g/mol. The Morgan fingerprint density at radius 2 is 1.72 bits per heavy atom. The lowest BCUT2D eigenvalue weighted by Crippen LogP contribution is -2.04. The van der Waals surface area contributed by atoms with Crippen LogP contribution >= 0.6 is 0 Å². The number of ether oxygens (including phenoxy) is 4. The van der Waals surface area contributed by atoms with Gasteiger partial charge < -0.3 is 24.1 Å². The summed E-state index contributed by atoms with van der Waals surface area (Å²) in [6, 6.07) is 13.0. The fraction of sp³-hybridized carbons (Fsp3) is 0.211. The number of methoxy groups -OCH3 is 2. The minimum absolute atomic E-state index is 0.0512. The van der Waals surface area contributed by atoms with Crippen molar-refractivity contribution in [3.63, 3.8) is 0 Å². The molecule has 2 aromatic carbocycles. The number of benzene rings is 2. The molecule has 1 N–H and O–H groups in total. The number of aliphatic carboxylic acids is 1. The van der Waals surface area contributed by atoms with Crippen LogP contribution in [0.3, 0.4) is 0 Å². The van der Waals surface area contributed by atoms with Crippen molar-refractivity contribution in [1.82, 2.24) is 0 Å². The number of carboxylic acids is 1. The zero-order valence-corrected chi connectivity index (χ0v) is 14.1. The minimum Gasteiger partial charge on any atom is -0.478 e. The van der Waals surface area contributed by atoms with E-state index in [1.165, 1.54) is 20.3 Å². The fourth-order valence-corrected chi connectivity index (χ4v) is 2.26. The quantitative estimate of drug-likeness (QED) is 0.555. The van der Waals surface area contributed by atoms with E-state index in [1.54, 1.807) is 12.1 Å². The van der Waals surface area contributed by atoms with Crippen LogP contribution in [0.2, 0.25) is 0 Å². The number of hydrogen-bond acceptors (Lipinski definition) is 5. The third-order valence-electron chi connectivity index (χ3n) is 3.25. The lowest BCUT2D eigenvalue weighted by atomic mass is 9.97. The normalized spacial score (nSPS) is 10.8. The van der Waals surface area contributed by atoms with E-state index >= 15 is 0 Å². The second kappa shape index (κ2) is 9.46. The van der Waals surface area contributed by atoms with E-state index in [-0.39, 0.29) is 13.6 Å². The molecule has 0 unspecified atom stereocenters. The van der Waals surface area contributed by atoms with Gasteiger partial charge in [-0.05, 0) is 23.3 Å². The van der Waals surface area contributed by atoms with E-state index in [1.807, 2.05) is 30.3 Å². The van der Waals surface area contributed by atoms with Gasteiger partial charge in [0.05, 0.1) is 0 Å².